The minimum Gasteiger partial charge on any atom is -0.495 e. The number of nitrogens with zero attached hydrogens (tertiary/aromatic N) is 5. The Morgan fingerprint density at radius 2 is 1.87 bits per heavy atom. The van der Waals surface area contributed by atoms with E-state index in [1.807, 2.05) is 30.6 Å². The maximum absolute atomic E-state index is 6.08. The smallest absolute Gasteiger partial charge is 0.227 e. The Morgan fingerprint density at radius 1 is 0.974 bits per heavy atom. The third kappa shape index (κ3) is 5.34. The van der Waals surface area contributed by atoms with Gasteiger partial charge in [0.25, 0.3) is 0 Å². The number of hydrogen-bond donors (Lipinski definition) is 2. The summed E-state index contributed by atoms with van der Waals surface area (Å²) in [5, 5.41) is 7.69. The molecule has 0 atom stereocenters. The molecule has 1 fully saturated rings. The summed E-state index contributed by atoms with van der Waals surface area (Å²) >= 11 is 0. The van der Waals surface area contributed by atoms with Gasteiger partial charge in [-0.2, -0.15) is 0 Å². The lowest BCUT2D eigenvalue weighted by molar-refractivity contribution is 0.306. The molecule has 0 bridgehead atoms. The summed E-state index contributed by atoms with van der Waals surface area (Å²) in [6, 6.07) is 14.3. The number of rotatable bonds is 7. The lowest BCUT2D eigenvalue weighted by Crippen LogP contribution is -2.43. The van der Waals surface area contributed by atoms with Crippen molar-refractivity contribution in [3.05, 3.63) is 71.5 Å². The molecule has 2 aliphatic rings. The molecule has 9 nitrogen and oxygen atoms in total. The first-order valence-electron chi connectivity index (χ1n) is 13.1. The van der Waals surface area contributed by atoms with Gasteiger partial charge < -0.3 is 29.9 Å². The zero-order valence-corrected chi connectivity index (χ0v) is 21.9. The lowest BCUT2D eigenvalue weighted by Gasteiger charge is -2.28. The molecule has 2 aromatic heterocycles. The average molecular weight is 512 g/mol. The van der Waals surface area contributed by atoms with Crippen LogP contribution in [-0.4, -0.2) is 66.7 Å². The summed E-state index contributed by atoms with van der Waals surface area (Å²) in [4.78, 5) is 18.6. The molecule has 4 heterocycles. The van der Waals surface area contributed by atoms with Gasteiger partial charge in [0.1, 0.15) is 23.9 Å². The van der Waals surface area contributed by atoms with Gasteiger partial charge >= 0.3 is 0 Å². The van der Waals surface area contributed by atoms with Crippen LogP contribution in [0.25, 0.3) is 10.9 Å². The van der Waals surface area contributed by atoms with Crippen LogP contribution in [0.4, 0.5) is 17.5 Å². The van der Waals surface area contributed by atoms with Crippen LogP contribution in [0.5, 0.6) is 11.5 Å². The number of methoxy groups -OCH3 is 1. The molecule has 2 aromatic carbocycles. The van der Waals surface area contributed by atoms with E-state index in [-0.39, 0.29) is 0 Å². The van der Waals surface area contributed by atoms with Gasteiger partial charge in [0.05, 0.1) is 18.3 Å². The second kappa shape index (κ2) is 10.8. The molecule has 1 saturated heterocycles. The van der Waals surface area contributed by atoms with Gasteiger partial charge in [0, 0.05) is 68.7 Å². The molecule has 6 rings (SSSR count). The van der Waals surface area contributed by atoms with E-state index < -0.39 is 0 Å². The average Bonchev–Trinajstić information content (AvgIpc) is 2.96. The van der Waals surface area contributed by atoms with E-state index in [0.717, 1.165) is 85.2 Å². The van der Waals surface area contributed by atoms with Gasteiger partial charge in [0.2, 0.25) is 5.95 Å². The van der Waals surface area contributed by atoms with Gasteiger partial charge in [-0.1, -0.05) is 6.07 Å². The maximum atomic E-state index is 6.08. The van der Waals surface area contributed by atoms with Crippen LogP contribution in [0.1, 0.15) is 16.7 Å². The second-order valence-electron chi connectivity index (χ2n) is 9.90. The van der Waals surface area contributed by atoms with Crippen LogP contribution in [0.3, 0.4) is 0 Å². The van der Waals surface area contributed by atoms with Crippen LogP contribution >= 0.6 is 0 Å². The number of benzene rings is 2. The molecule has 4 aromatic rings. The van der Waals surface area contributed by atoms with Gasteiger partial charge in [-0.15, -0.1) is 0 Å². The molecule has 0 spiro atoms. The minimum atomic E-state index is 0.442. The van der Waals surface area contributed by atoms with Crippen molar-refractivity contribution in [2.45, 2.75) is 19.6 Å². The van der Waals surface area contributed by atoms with Crippen LogP contribution in [-0.2, 0) is 19.6 Å². The number of pyridine rings is 1. The van der Waals surface area contributed by atoms with Crippen molar-refractivity contribution in [2.24, 2.45) is 0 Å². The van der Waals surface area contributed by atoms with Gasteiger partial charge in [0.15, 0.2) is 0 Å². The first kappa shape index (κ1) is 24.4. The number of likely N-dealkylation sites (N-methyl/N-ethyl adjacent to an activating group) is 1. The lowest BCUT2D eigenvalue weighted by atomic mass is 9.99. The third-order valence-electron chi connectivity index (χ3n) is 7.18. The Morgan fingerprint density at radius 3 is 2.68 bits per heavy atom. The van der Waals surface area contributed by atoms with Crippen LogP contribution in [0, 0.1) is 0 Å². The van der Waals surface area contributed by atoms with Gasteiger partial charge in [-0.05, 0) is 54.9 Å². The fraction of sp³-hybridized carbons (Fsp3) is 0.345. The van der Waals surface area contributed by atoms with Crippen LogP contribution < -0.4 is 25.0 Å². The molecule has 0 aliphatic carbocycles. The SMILES string of the molecule is COc1cc2c(cc1Nc1ncc3ccc(OCc4ccc(N5CCNCC5)nc4)cc3n1)CN(C)CC2. The first-order valence-corrected chi connectivity index (χ1v) is 13.1. The van der Waals surface area contributed by atoms with Gasteiger partial charge in [-0.3, -0.25) is 0 Å². The number of piperazine rings is 1. The quantitative estimate of drug-likeness (QED) is 0.385. The Bertz CT molecular complexity index is 1420. The van der Waals surface area contributed by atoms with Crippen molar-refractivity contribution in [3.63, 3.8) is 0 Å². The Labute approximate surface area is 222 Å². The Kier molecular flexibility index (Phi) is 6.94. The maximum Gasteiger partial charge on any atom is 0.227 e. The number of aromatic nitrogens is 3. The van der Waals surface area contributed by atoms with E-state index in [0.29, 0.717) is 12.6 Å². The highest BCUT2D eigenvalue weighted by Crippen LogP contribution is 2.33. The zero-order valence-electron chi connectivity index (χ0n) is 21.9. The van der Waals surface area contributed by atoms with Crippen LogP contribution in [0.2, 0.25) is 0 Å². The molecule has 2 aliphatic heterocycles. The first-order chi connectivity index (χ1) is 18.6. The fourth-order valence-corrected chi connectivity index (χ4v) is 5.02. The molecule has 196 valence electrons. The standard InChI is InChI=1S/C29H33N7O2/c1-35-10-7-21-14-27(37-2)26(13-23(21)18-35)34-29-32-17-22-4-5-24(15-25(22)33-29)38-19-20-3-6-28(31-16-20)36-11-8-30-9-12-36/h3-6,13-17,30H,7-12,18-19H2,1-2H3,(H,32,33,34). The highest BCUT2D eigenvalue weighted by molar-refractivity contribution is 5.81. The molecule has 0 radical (unpaired) electrons. The molecule has 38 heavy (non-hydrogen) atoms. The van der Waals surface area contributed by atoms with Crippen LogP contribution in [0.15, 0.2) is 54.9 Å². The van der Waals surface area contributed by atoms with E-state index >= 15 is 0 Å². The number of anilines is 3. The topological polar surface area (TPSA) is 87.7 Å². The molecule has 0 amide bonds. The van der Waals surface area contributed by atoms with E-state index in [1.54, 1.807) is 7.11 Å². The molecular formula is C29H33N7O2. The molecule has 0 saturated carbocycles. The number of fused-ring (bicyclic) bond motifs is 2. The van der Waals surface area contributed by atoms with Crippen molar-refractivity contribution >= 4 is 28.4 Å². The highest BCUT2D eigenvalue weighted by Gasteiger charge is 2.17. The summed E-state index contributed by atoms with van der Waals surface area (Å²) in [7, 11) is 3.84. The summed E-state index contributed by atoms with van der Waals surface area (Å²) in [6.45, 7) is 6.37. The molecule has 9 heteroatoms. The predicted molar refractivity (Wildman–Crippen MR) is 150 cm³/mol. The monoisotopic (exact) mass is 511 g/mol. The normalized spacial score (nSPS) is 15.8. The highest BCUT2D eigenvalue weighted by atomic mass is 16.5. The number of hydrogen-bond acceptors (Lipinski definition) is 9. The van der Waals surface area contributed by atoms with E-state index in [4.69, 9.17) is 14.5 Å². The van der Waals surface area contributed by atoms with E-state index in [1.165, 1.54) is 11.1 Å². The Balaban J connectivity index is 1.16. The van der Waals surface area contributed by atoms with Crippen molar-refractivity contribution in [1.82, 2.24) is 25.2 Å². The van der Waals surface area contributed by atoms with Crippen molar-refractivity contribution < 1.29 is 9.47 Å². The number of nitrogens with one attached hydrogen (secondary N) is 2. The van der Waals surface area contributed by atoms with Crippen molar-refractivity contribution in [1.29, 1.82) is 0 Å². The Hall–Kier alpha value is -3.95. The summed E-state index contributed by atoms with van der Waals surface area (Å²) in [5.74, 6) is 3.08. The summed E-state index contributed by atoms with van der Waals surface area (Å²) in [6.07, 6.45) is 4.74. The molecular weight excluding hydrogens is 478 g/mol. The third-order valence-corrected chi connectivity index (χ3v) is 7.18. The summed E-state index contributed by atoms with van der Waals surface area (Å²) in [5.41, 5.74) is 5.34. The minimum absolute atomic E-state index is 0.442. The summed E-state index contributed by atoms with van der Waals surface area (Å²) < 4.78 is 11.8. The van der Waals surface area contributed by atoms with Gasteiger partial charge in [-0.25, -0.2) is 15.0 Å². The van der Waals surface area contributed by atoms with E-state index in [2.05, 4.69) is 61.7 Å². The van der Waals surface area contributed by atoms with Crippen molar-refractivity contribution in [2.75, 3.05) is 57.1 Å². The zero-order chi connectivity index (χ0) is 25.9. The number of ether oxygens (including phenoxy) is 2. The molecule has 2 N–H and O–H groups in total. The van der Waals surface area contributed by atoms with E-state index in [9.17, 15) is 0 Å². The predicted octanol–water partition coefficient (Wildman–Crippen LogP) is 3.75. The molecule has 0 unspecified atom stereocenters. The fourth-order valence-electron chi connectivity index (χ4n) is 5.02. The second-order valence-corrected chi connectivity index (χ2v) is 9.90. The largest absolute Gasteiger partial charge is 0.495 e. The van der Waals surface area contributed by atoms with Crippen molar-refractivity contribution in [3.8, 4) is 11.5 Å².